The molecule has 14 heavy (non-hydrogen) atoms. The maximum absolute atomic E-state index is 5.97. The summed E-state index contributed by atoms with van der Waals surface area (Å²) in [5.41, 5.74) is 7.32. The minimum atomic E-state index is 0.0184. The molecule has 0 fully saturated rings. The van der Waals surface area contributed by atoms with Crippen molar-refractivity contribution in [2.24, 2.45) is 5.73 Å². The monoisotopic (exact) mass is 207 g/mol. The Hall–Kier alpha value is -1.06. The molecule has 0 aliphatic carbocycles. The summed E-state index contributed by atoms with van der Waals surface area (Å²) in [5, 5.41) is 4.25. The Bertz CT molecular complexity index is 353. The highest BCUT2D eigenvalue weighted by molar-refractivity contribution is 7.07. The molecule has 2 aromatic rings. The van der Waals surface area contributed by atoms with E-state index in [4.69, 9.17) is 10.2 Å². The average molecular weight is 207 g/mol. The first-order valence-electron chi connectivity index (χ1n) is 4.66. The third-order valence-electron chi connectivity index (χ3n) is 2.23. The largest absolute Gasteiger partial charge is 0.468 e. The third-order valence-corrected chi connectivity index (χ3v) is 2.96. The topological polar surface area (TPSA) is 39.2 Å². The quantitative estimate of drug-likeness (QED) is 0.837. The molecule has 2 N–H and O–H groups in total. The zero-order chi connectivity index (χ0) is 9.80. The maximum Gasteiger partial charge on any atom is 0.120 e. The van der Waals surface area contributed by atoms with E-state index < -0.39 is 0 Å². The van der Waals surface area contributed by atoms with E-state index in [0.29, 0.717) is 0 Å². The van der Waals surface area contributed by atoms with Crippen LogP contribution >= 0.6 is 11.3 Å². The molecule has 0 saturated heterocycles. The molecule has 1 unspecified atom stereocenters. The smallest absolute Gasteiger partial charge is 0.120 e. The molecule has 0 amide bonds. The lowest BCUT2D eigenvalue weighted by molar-refractivity contribution is 0.452. The van der Waals surface area contributed by atoms with Gasteiger partial charge in [-0.1, -0.05) is 0 Å². The van der Waals surface area contributed by atoms with Crippen LogP contribution in [0.25, 0.3) is 0 Å². The summed E-state index contributed by atoms with van der Waals surface area (Å²) < 4.78 is 5.24. The molecule has 0 spiro atoms. The van der Waals surface area contributed by atoms with Gasteiger partial charge in [0, 0.05) is 0 Å². The van der Waals surface area contributed by atoms with Crippen molar-refractivity contribution in [1.29, 1.82) is 0 Å². The fraction of sp³-hybridized carbons (Fsp3) is 0.273. The Morgan fingerprint density at radius 1 is 1.43 bits per heavy atom. The van der Waals surface area contributed by atoms with Crippen LogP contribution in [0.1, 0.15) is 23.8 Å². The maximum atomic E-state index is 5.97. The van der Waals surface area contributed by atoms with Crippen molar-refractivity contribution in [3.8, 4) is 0 Å². The molecular weight excluding hydrogens is 194 g/mol. The molecule has 0 radical (unpaired) electrons. The van der Waals surface area contributed by atoms with E-state index in [-0.39, 0.29) is 6.04 Å². The minimum Gasteiger partial charge on any atom is -0.468 e. The number of thiophene rings is 1. The molecule has 3 heteroatoms. The van der Waals surface area contributed by atoms with Crippen molar-refractivity contribution < 1.29 is 4.42 Å². The second-order valence-corrected chi connectivity index (χ2v) is 4.07. The number of nitrogens with two attached hydrogens (primary N) is 1. The summed E-state index contributed by atoms with van der Waals surface area (Å²) in [6.45, 7) is 0. The van der Waals surface area contributed by atoms with E-state index in [2.05, 4.69) is 16.8 Å². The van der Waals surface area contributed by atoms with E-state index in [1.165, 1.54) is 5.56 Å². The van der Waals surface area contributed by atoms with Gasteiger partial charge in [0.1, 0.15) is 5.76 Å². The highest BCUT2D eigenvalue weighted by atomic mass is 32.1. The van der Waals surface area contributed by atoms with Crippen molar-refractivity contribution >= 4 is 11.3 Å². The Morgan fingerprint density at radius 3 is 3.00 bits per heavy atom. The van der Waals surface area contributed by atoms with Gasteiger partial charge in [-0.2, -0.15) is 11.3 Å². The number of hydrogen-bond acceptors (Lipinski definition) is 3. The van der Waals surface area contributed by atoms with Crippen molar-refractivity contribution in [2.45, 2.75) is 18.9 Å². The average Bonchev–Trinajstić information content (AvgIpc) is 2.87. The van der Waals surface area contributed by atoms with Crippen LogP contribution in [0.2, 0.25) is 0 Å². The molecule has 0 saturated carbocycles. The van der Waals surface area contributed by atoms with Crippen LogP contribution in [0.4, 0.5) is 0 Å². The van der Waals surface area contributed by atoms with Gasteiger partial charge >= 0.3 is 0 Å². The molecule has 1 atom stereocenters. The van der Waals surface area contributed by atoms with E-state index in [0.717, 1.165) is 18.6 Å². The second-order valence-electron chi connectivity index (χ2n) is 3.29. The van der Waals surface area contributed by atoms with Gasteiger partial charge < -0.3 is 10.2 Å². The van der Waals surface area contributed by atoms with E-state index in [1.54, 1.807) is 17.6 Å². The van der Waals surface area contributed by atoms with Crippen LogP contribution in [0, 0.1) is 0 Å². The first-order valence-corrected chi connectivity index (χ1v) is 5.60. The van der Waals surface area contributed by atoms with Crippen molar-refractivity contribution in [2.75, 3.05) is 0 Å². The highest BCUT2D eigenvalue weighted by Crippen LogP contribution is 2.18. The third kappa shape index (κ3) is 2.25. The Kier molecular flexibility index (Phi) is 3.01. The molecular formula is C11H13NOS. The SMILES string of the molecule is NC(CCc1ccsc1)c1ccco1. The Balaban J connectivity index is 1.87. The van der Waals surface area contributed by atoms with E-state index in [9.17, 15) is 0 Å². The van der Waals surface area contributed by atoms with Gasteiger partial charge in [-0.05, 0) is 47.4 Å². The van der Waals surface area contributed by atoms with Crippen LogP contribution in [0.3, 0.4) is 0 Å². The van der Waals surface area contributed by atoms with Crippen molar-refractivity contribution in [3.05, 3.63) is 46.5 Å². The van der Waals surface area contributed by atoms with Crippen molar-refractivity contribution in [1.82, 2.24) is 0 Å². The summed E-state index contributed by atoms with van der Waals surface area (Å²) in [7, 11) is 0. The van der Waals surface area contributed by atoms with Crippen LogP contribution in [0.15, 0.2) is 39.6 Å². The lowest BCUT2D eigenvalue weighted by Crippen LogP contribution is -2.10. The zero-order valence-corrected chi connectivity index (χ0v) is 8.67. The molecule has 0 bridgehead atoms. The minimum absolute atomic E-state index is 0.0184. The lowest BCUT2D eigenvalue weighted by Gasteiger charge is -2.06. The van der Waals surface area contributed by atoms with Crippen LogP contribution in [0.5, 0.6) is 0 Å². The van der Waals surface area contributed by atoms with Crippen LogP contribution in [-0.4, -0.2) is 0 Å². The molecule has 2 heterocycles. The standard InChI is InChI=1S/C11H13NOS/c12-10(11-2-1-6-13-11)4-3-9-5-7-14-8-9/h1-2,5-8,10H,3-4,12H2. The summed E-state index contributed by atoms with van der Waals surface area (Å²) in [6, 6.07) is 5.96. The first-order chi connectivity index (χ1) is 6.86. The van der Waals surface area contributed by atoms with Crippen LogP contribution < -0.4 is 5.73 Å². The highest BCUT2D eigenvalue weighted by Gasteiger charge is 2.08. The second kappa shape index (κ2) is 4.44. The van der Waals surface area contributed by atoms with E-state index in [1.807, 2.05) is 12.1 Å². The fourth-order valence-corrected chi connectivity index (χ4v) is 2.10. The Morgan fingerprint density at radius 2 is 2.36 bits per heavy atom. The van der Waals surface area contributed by atoms with Gasteiger partial charge in [-0.15, -0.1) is 0 Å². The summed E-state index contributed by atoms with van der Waals surface area (Å²) in [5.74, 6) is 0.875. The van der Waals surface area contributed by atoms with Gasteiger partial charge in [-0.3, -0.25) is 0 Å². The van der Waals surface area contributed by atoms with Gasteiger partial charge in [0.2, 0.25) is 0 Å². The number of furan rings is 1. The van der Waals surface area contributed by atoms with Gasteiger partial charge in [0.25, 0.3) is 0 Å². The normalized spacial score (nSPS) is 12.9. The van der Waals surface area contributed by atoms with E-state index >= 15 is 0 Å². The molecule has 0 aliphatic rings. The molecule has 0 aliphatic heterocycles. The van der Waals surface area contributed by atoms with Gasteiger partial charge in [0.05, 0.1) is 12.3 Å². The summed E-state index contributed by atoms with van der Waals surface area (Å²) in [4.78, 5) is 0. The number of hydrogen-bond donors (Lipinski definition) is 1. The predicted molar refractivity (Wildman–Crippen MR) is 58.3 cm³/mol. The number of aryl methyl sites for hydroxylation is 1. The molecule has 2 nitrogen and oxygen atoms in total. The molecule has 74 valence electrons. The molecule has 2 rings (SSSR count). The molecule has 2 aromatic heterocycles. The first kappa shape index (κ1) is 9.49. The zero-order valence-electron chi connectivity index (χ0n) is 7.85. The van der Waals surface area contributed by atoms with Gasteiger partial charge in [0.15, 0.2) is 0 Å². The summed E-state index contributed by atoms with van der Waals surface area (Å²) >= 11 is 1.72. The summed E-state index contributed by atoms with van der Waals surface area (Å²) in [6.07, 6.45) is 3.62. The predicted octanol–water partition coefficient (Wildman–Crippen LogP) is 2.97. The van der Waals surface area contributed by atoms with Crippen LogP contribution in [-0.2, 0) is 6.42 Å². The van der Waals surface area contributed by atoms with Gasteiger partial charge in [-0.25, -0.2) is 0 Å². The fourth-order valence-electron chi connectivity index (χ4n) is 1.40. The number of rotatable bonds is 4. The molecule has 0 aromatic carbocycles. The van der Waals surface area contributed by atoms with Crippen molar-refractivity contribution in [3.63, 3.8) is 0 Å². The lowest BCUT2D eigenvalue weighted by atomic mass is 10.1. The Labute approximate surface area is 87.4 Å².